The molecule has 0 saturated carbocycles. The molecule has 0 fully saturated rings. The van der Waals surface area contributed by atoms with Crippen LogP contribution in [-0.4, -0.2) is 12.0 Å². The van der Waals surface area contributed by atoms with Crippen molar-refractivity contribution >= 4 is 0 Å². The summed E-state index contributed by atoms with van der Waals surface area (Å²) in [6, 6.07) is 12.2. The van der Waals surface area contributed by atoms with Gasteiger partial charge in [-0.05, 0) is 37.9 Å². The van der Waals surface area contributed by atoms with Gasteiger partial charge in [-0.1, -0.05) is 30.3 Å². The lowest BCUT2D eigenvalue weighted by atomic mass is 9.99. The van der Waals surface area contributed by atoms with E-state index in [-0.39, 0.29) is 11.9 Å². The van der Waals surface area contributed by atoms with Gasteiger partial charge in [0.1, 0.15) is 5.82 Å². The maximum absolute atomic E-state index is 13.7. The Bertz CT molecular complexity index is 499. The number of aromatic nitrogens is 1. The second kappa shape index (κ2) is 7.00. The van der Waals surface area contributed by atoms with Gasteiger partial charge in [0, 0.05) is 17.8 Å². The summed E-state index contributed by atoms with van der Waals surface area (Å²) in [6.45, 7) is 0. The third-order valence-electron chi connectivity index (χ3n) is 3.33. The van der Waals surface area contributed by atoms with Gasteiger partial charge in [-0.15, -0.1) is 0 Å². The maximum Gasteiger partial charge on any atom is 0.146 e. The predicted octanol–water partition coefficient (Wildman–Crippen LogP) is 3.50. The first-order chi connectivity index (χ1) is 9.31. The number of hydrogen-bond acceptors (Lipinski definition) is 2. The maximum atomic E-state index is 13.7. The monoisotopic (exact) mass is 258 g/mol. The van der Waals surface area contributed by atoms with Crippen molar-refractivity contribution in [2.45, 2.75) is 25.3 Å². The van der Waals surface area contributed by atoms with E-state index in [4.69, 9.17) is 0 Å². The smallest absolute Gasteiger partial charge is 0.146 e. The summed E-state index contributed by atoms with van der Waals surface area (Å²) in [7, 11) is 1.87. The van der Waals surface area contributed by atoms with Crippen LogP contribution in [0.15, 0.2) is 48.8 Å². The van der Waals surface area contributed by atoms with E-state index in [1.807, 2.05) is 25.2 Å². The van der Waals surface area contributed by atoms with Crippen LogP contribution >= 0.6 is 0 Å². The average Bonchev–Trinajstić information content (AvgIpc) is 2.46. The average molecular weight is 258 g/mol. The van der Waals surface area contributed by atoms with Crippen LogP contribution in [0.25, 0.3) is 0 Å². The van der Waals surface area contributed by atoms with Crippen LogP contribution in [0, 0.1) is 5.82 Å². The molecule has 2 nitrogen and oxygen atoms in total. The normalized spacial score (nSPS) is 12.3. The first kappa shape index (κ1) is 13.7. The number of nitrogens with zero attached hydrogens (tertiary/aromatic N) is 1. The quantitative estimate of drug-likeness (QED) is 0.857. The highest BCUT2D eigenvalue weighted by Gasteiger charge is 2.13. The Kier molecular flexibility index (Phi) is 5.04. The topological polar surface area (TPSA) is 24.9 Å². The summed E-state index contributed by atoms with van der Waals surface area (Å²) < 4.78 is 13.7. The van der Waals surface area contributed by atoms with Crippen molar-refractivity contribution in [1.82, 2.24) is 10.3 Å². The molecule has 0 aliphatic carbocycles. The molecule has 0 saturated heterocycles. The summed E-state index contributed by atoms with van der Waals surface area (Å²) in [4.78, 5) is 3.79. The van der Waals surface area contributed by atoms with Crippen LogP contribution < -0.4 is 5.32 Å². The largest absolute Gasteiger partial charge is 0.313 e. The van der Waals surface area contributed by atoms with E-state index in [9.17, 15) is 4.39 Å². The van der Waals surface area contributed by atoms with E-state index >= 15 is 0 Å². The Morgan fingerprint density at radius 1 is 1.21 bits per heavy atom. The second-order valence-electron chi connectivity index (χ2n) is 4.62. The molecule has 0 spiro atoms. The zero-order valence-corrected chi connectivity index (χ0v) is 11.1. The zero-order chi connectivity index (χ0) is 13.5. The van der Waals surface area contributed by atoms with Crippen molar-refractivity contribution in [3.05, 3.63) is 65.7 Å². The second-order valence-corrected chi connectivity index (χ2v) is 4.62. The van der Waals surface area contributed by atoms with Crippen LogP contribution in [0.1, 0.15) is 30.0 Å². The summed E-state index contributed by atoms with van der Waals surface area (Å²) in [5.41, 5.74) is 2.03. The van der Waals surface area contributed by atoms with E-state index < -0.39 is 0 Å². The Balaban J connectivity index is 1.92. The van der Waals surface area contributed by atoms with Crippen molar-refractivity contribution < 1.29 is 4.39 Å². The van der Waals surface area contributed by atoms with Gasteiger partial charge in [0.25, 0.3) is 0 Å². The summed E-state index contributed by atoms with van der Waals surface area (Å²) in [5, 5.41) is 3.18. The fourth-order valence-corrected chi connectivity index (χ4v) is 2.28. The first-order valence-corrected chi connectivity index (χ1v) is 6.62. The predicted molar refractivity (Wildman–Crippen MR) is 75.4 cm³/mol. The lowest BCUT2D eigenvalue weighted by molar-refractivity contribution is 0.492. The van der Waals surface area contributed by atoms with Crippen molar-refractivity contribution in [3.63, 3.8) is 0 Å². The highest BCUT2D eigenvalue weighted by molar-refractivity contribution is 5.18. The Morgan fingerprint density at radius 2 is 2.00 bits per heavy atom. The van der Waals surface area contributed by atoms with Crippen LogP contribution in [-0.2, 0) is 6.42 Å². The fraction of sp³-hybridized carbons (Fsp3) is 0.312. The molecule has 2 aromatic rings. The summed E-state index contributed by atoms with van der Waals surface area (Å²) in [6.07, 6.45) is 5.87. The number of hydrogen-bond donors (Lipinski definition) is 1. The van der Waals surface area contributed by atoms with Crippen molar-refractivity contribution in [1.29, 1.82) is 0 Å². The zero-order valence-electron chi connectivity index (χ0n) is 11.1. The van der Waals surface area contributed by atoms with E-state index in [2.05, 4.69) is 22.4 Å². The number of benzene rings is 1. The Hall–Kier alpha value is -1.74. The standard InChI is InChI=1S/C16H19FN2/c1-18-16(14-10-11-19-12-15(14)17)9-5-8-13-6-3-2-4-7-13/h2-4,6-7,10-12,16,18H,5,8-9H2,1H3. The Morgan fingerprint density at radius 3 is 2.68 bits per heavy atom. The lowest BCUT2D eigenvalue weighted by Crippen LogP contribution is -2.18. The molecule has 1 atom stereocenters. The van der Waals surface area contributed by atoms with Gasteiger partial charge < -0.3 is 5.32 Å². The van der Waals surface area contributed by atoms with Crippen molar-refractivity contribution in [2.24, 2.45) is 0 Å². The molecule has 0 aliphatic heterocycles. The minimum Gasteiger partial charge on any atom is -0.313 e. The minimum atomic E-state index is -0.235. The van der Waals surface area contributed by atoms with Gasteiger partial charge >= 0.3 is 0 Å². The molecule has 1 heterocycles. The van der Waals surface area contributed by atoms with E-state index in [1.165, 1.54) is 11.8 Å². The Labute approximate surface area is 113 Å². The molecule has 3 heteroatoms. The molecule has 1 aromatic carbocycles. The van der Waals surface area contributed by atoms with E-state index in [0.29, 0.717) is 5.56 Å². The third kappa shape index (κ3) is 3.86. The van der Waals surface area contributed by atoms with E-state index in [0.717, 1.165) is 19.3 Å². The van der Waals surface area contributed by atoms with Crippen LogP contribution in [0.5, 0.6) is 0 Å². The summed E-state index contributed by atoms with van der Waals surface area (Å²) >= 11 is 0. The van der Waals surface area contributed by atoms with Crippen molar-refractivity contribution in [3.8, 4) is 0 Å². The van der Waals surface area contributed by atoms with Crippen LogP contribution in [0.4, 0.5) is 4.39 Å². The van der Waals surface area contributed by atoms with Gasteiger partial charge in [0.05, 0.1) is 6.20 Å². The fourth-order valence-electron chi connectivity index (χ4n) is 2.28. The molecule has 100 valence electrons. The summed E-state index contributed by atoms with van der Waals surface area (Å²) in [5.74, 6) is -0.235. The number of rotatable bonds is 6. The van der Waals surface area contributed by atoms with Gasteiger partial charge in [0.2, 0.25) is 0 Å². The molecule has 1 unspecified atom stereocenters. The molecule has 1 N–H and O–H groups in total. The highest BCUT2D eigenvalue weighted by Crippen LogP contribution is 2.21. The molecule has 0 radical (unpaired) electrons. The number of halogens is 1. The molecule has 0 bridgehead atoms. The van der Waals surface area contributed by atoms with Crippen molar-refractivity contribution in [2.75, 3.05) is 7.05 Å². The minimum absolute atomic E-state index is 0.0479. The van der Waals surface area contributed by atoms with Gasteiger partial charge in [-0.3, -0.25) is 4.98 Å². The first-order valence-electron chi connectivity index (χ1n) is 6.62. The van der Waals surface area contributed by atoms with Gasteiger partial charge in [0.15, 0.2) is 0 Å². The highest BCUT2D eigenvalue weighted by atomic mass is 19.1. The van der Waals surface area contributed by atoms with Crippen LogP contribution in [0.3, 0.4) is 0 Å². The number of pyridine rings is 1. The number of nitrogens with one attached hydrogen (secondary N) is 1. The number of aryl methyl sites for hydroxylation is 1. The molecule has 0 amide bonds. The molecular weight excluding hydrogens is 239 g/mol. The molecule has 1 aromatic heterocycles. The van der Waals surface area contributed by atoms with E-state index in [1.54, 1.807) is 12.3 Å². The van der Waals surface area contributed by atoms with Gasteiger partial charge in [-0.2, -0.15) is 0 Å². The molecule has 0 aliphatic rings. The molecule has 2 rings (SSSR count). The molecular formula is C16H19FN2. The van der Waals surface area contributed by atoms with Crippen LogP contribution in [0.2, 0.25) is 0 Å². The molecule has 19 heavy (non-hydrogen) atoms. The van der Waals surface area contributed by atoms with Gasteiger partial charge in [-0.25, -0.2) is 4.39 Å². The lowest BCUT2D eigenvalue weighted by Gasteiger charge is -2.17. The SMILES string of the molecule is CNC(CCCc1ccccc1)c1ccncc1F. The third-order valence-corrected chi connectivity index (χ3v) is 3.33.